The van der Waals surface area contributed by atoms with E-state index in [0.29, 0.717) is 14.9 Å². The molecule has 0 aliphatic carbocycles. The van der Waals surface area contributed by atoms with Gasteiger partial charge in [-0.3, -0.25) is 14.9 Å². The van der Waals surface area contributed by atoms with Gasteiger partial charge < -0.3 is 4.74 Å². The molecule has 0 saturated heterocycles. The number of nitrogens with zero attached hydrogens (tertiary/aromatic N) is 1. The van der Waals surface area contributed by atoms with E-state index in [9.17, 15) is 14.4 Å². The lowest BCUT2D eigenvalue weighted by Crippen LogP contribution is -2.33. The van der Waals surface area contributed by atoms with E-state index >= 15 is 0 Å². The van der Waals surface area contributed by atoms with Crippen LogP contribution in [0.3, 0.4) is 0 Å². The van der Waals surface area contributed by atoms with Gasteiger partial charge in [0, 0.05) is 16.0 Å². The first kappa shape index (κ1) is 18.2. The topological polar surface area (TPSA) is 85.4 Å². The minimum absolute atomic E-state index is 0.0855. The van der Waals surface area contributed by atoms with E-state index in [-0.39, 0.29) is 5.69 Å². The minimum atomic E-state index is -0.742. The maximum Gasteiger partial charge on any atom is 0.358 e. The smallest absolute Gasteiger partial charge is 0.358 e. The Morgan fingerprint density at radius 2 is 2.00 bits per heavy atom. The quantitative estimate of drug-likeness (QED) is 0.654. The third-order valence-corrected chi connectivity index (χ3v) is 5.11. The summed E-state index contributed by atoms with van der Waals surface area (Å²) in [6, 6.07) is 10.4. The van der Waals surface area contributed by atoms with Crippen molar-refractivity contribution in [2.24, 2.45) is 0 Å². The van der Waals surface area contributed by atoms with E-state index in [2.05, 4.69) is 10.3 Å². The fraction of sp³-hybridized carbons (Fsp3) is 0.0588. The summed E-state index contributed by atoms with van der Waals surface area (Å²) < 4.78 is 4.90. The van der Waals surface area contributed by atoms with Gasteiger partial charge in [-0.25, -0.2) is 9.78 Å². The summed E-state index contributed by atoms with van der Waals surface area (Å²) in [5.74, 6) is -1.98. The van der Waals surface area contributed by atoms with Crippen molar-refractivity contribution in [3.8, 4) is 10.6 Å². The van der Waals surface area contributed by atoms with Crippen LogP contribution < -0.4 is 5.32 Å². The molecule has 0 aliphatic rings. The second-order valence-electron chi connectivity index (χ2n) is 4.98. The number of amides is 2. The molecule has 2 aromatic heterocycles. The van der Waals surface area contributed by atoms with Gasteiger partial charge in [0.05, 0.1) is 4.88 Å². The summed E-state index contributed by atoms with van der Waals surface area (Å²) in [6.45, 7) is -0.569. The summed E-state index contributed by atoms with van der Waals surface area (Å²) in [5.41, 5.74) is 0.864. The molecule has 2 heterocycles. The summed E-state index contributed by atoms with van der Waals surface area (Å²) in [4.78, 5) is 40.0. The molecule has 9 heteroatoms. The molecule has 3 aromatic rings. The highest BCUT2D eigenvalue weighted by Crippen LogP contribution is 2.26. The molecule has 0 saturated carbocycles. The Kier molecular flexibility index (Phi) is 5.77. The fourth-order valence-corrected chi connectivity index (χ4v) is 3.55. The van der Waals surface area contributed by atoms with Gasteiger partial charge in [0.1, 0.15) is 5.01 Å². The van der Waals surface area contributed by atoms with E-state index in [4.69, 9.17) is 16.3 Å². The van der Waals surface area contributed by atoms with Crippen molar-refractivity contribution in [1.82, 2.24) is 10.3 Å². The molecule has 132 valence electrons. The Labute approximate surface area is 161 Å². The minimum Gasteiger partial charge on any atom is -0.451 e. The van der Waals surface area contributed by atoms with Crippen LogP contribution in [0.5, 0.6) is 0 Å². The molecule has 1 aromatic carbocycles. The third kappa shape index (κ3) is 4.54. The van der Waals surface area contributed by atoms with Crippen molar-refractivity contribution in [3.63, 3.8) is 0 Å². The monoisotopic (exact) mass is 406 g/mol. The Morgan fingerprint density at radius 3 is 2.73 bits per heavy atom. The van der Waals surface area contributed by atoms with Gasteiger partial charge in [-0.2, -0.15) is 0 Å². The van der Waals surface area contributed by atoms with Gasteiger partial charge in [-0.05, 0) is 23.6 Å². The first-order valence-corrected chi connectivity index (χ1v) is 9.43. The number of esters is 1. The number of carbonyl (C=O) groups is 3. The van der Waals surface area contributed by atoms with Crippen molar-refractivity contribution >= 4 is 52.1 Å². The molecule has 0 atom stereocenters. The lowest BCUT2D eigenvalue weighted by Gasteiger charge is -2.03. The number of hydrogen-bond acceptors (Lipinski definition) is 7. The van der Waals surface area contributed by atoms with E-state index < -0.39 is 24.4 Å². The van der Waals surface area contributed by atoms with Crippen LogP contribution in [0.1, 0.15) is 20.2 Å². The van der Waals surface area contributed by atoms with Crippen LogP contribution in [0, 0.1) is 0 Å². The van der Waals surface area contributed by atoms with Gasteiger partial charge in [0.25, 0.3) is 11.8 Å². The van der Waals surface area contributed by atoms with Crippen LogP contribution in [-0.2, 0) is 9.53 Å². The van der Waals surface area contributed by atoms with Gasteiger partial charge in [0.15, 0.2) is 12.3 Å². The van der Waals surface area contributed by atoms with Crippen LogP contribution in [0.4, 0.5) is 0 Å². The summed E-state index contributed by atoms with van der Waals surface area (Å²) in [7, 11) is 0. The Morgan fingerprint density at radius 1 is 1.15 bits per heavy atom. The molecule has 0 radical (unpaired) electrons. The zero-order valence-electron chi connectivity index (χ0n) is 13.1. The van der Waals surface area contributed by atoms with Gasteiger partial charge in [-0.1, -0.05) is 29.8 Å². The molecule has 0 fully saturated rings. The predicted molar refractivity (Wildman–Crippen MR) is 99.6 cm³/mol. The molecule has 1 N–H and O–H groups in total. The SMILES string of the molecule is O=C(COC(=O)c1csc(-c2cccc(Cl)c2)n1)NC(=O)c1cccs1. The van der Waals surface area contributed by atoms with Crippen molar-refractivity contribution < 1.29 is 19.1 Å². The fourth-order valence-electron chi connectivity index (χ4n) is 1.96. The average molecular weight is 407 g/mol. The lowest BCUT2D eigenvalue weighted by molar-refractivity contribution is -0.123. The normalized spacial score (nSPS) is 10.3. The molecule has 0 spiro atoms. The first-order valence-electron chi connectivity index (χ1n) is 7.29. The number of thiophene rings is 1. The number of thiazole rings is 1. The molecular weight excluding hydrogens is 396 g/mol. The summed E-state index contributed by atoms with van der Waals surface area (Å²) in [5, 5.41) is 6.58. The van der Waals surface area contributed by atoms with Crippen molar-refractivity contribution in [1.29, 1.82) is 0 Å². The summed E-state index contributed by atoms with van der Waals surface area (Å²) in [6.07, 6.45) is 0. The van der Waals surface area contributed by atoms with E-state index in [1.54, 1.807) is 35.7 Å². The van der Waals surface area contributed by atoms with Gasteiger partial charge in [0.2, 0.25) is 0 Å². The molecule has 6 nitrogen and oxygen atoms in total. The van der Waals surface area contributed by atoms with Crippen molar-refractivity contribution in [3.05, 3.63) is 62.8 Å². The molecular formula is C17H11ClN2O4S2. The predicted octanol–water partition coefficient (Wildman–Crippen LogP) is 3.64. The Balaban J connectivity index is 1.55. The highest BCUT2D eigenvalue weighted by molar-refractivity contribution is 7.13. The van der Waals surface area contributed by atoms with Crippen LogP contribution in [0.15, 0.2) is 47.2 Å². The molecule has 2 amide bonds. The molecule has 26 heavy (non-hydrogen) atoms. The highest BCUT2D eigenvalue weighted by atomic mass is 35.5. The number of nitrogens with one attached hydrogen (secondary N) is 1. The number of imide groups is 1. The zero-order valence-corrected chi connectivity index (χ0v) is 15.5. The largest absolute Gasteiger partial charge is 0.451 e. The number of aromatic nitrogens is 1. The maximum atomic E-state index is 12.0. The zero-order chi connectivity index (χ0) is 18.5. The van der Waals surface area contributed by atoms with E-state index in [1.807, 2.05) is 6.07 Å². The van der Waals surface area contributed by atoms with Gasteiger partial charge >= 0.3 is 5.97 Å². The first-order chi connectivity index (χ1) is 12.5. The van der Waals surface area contributed by atoms with E-state index in [0.717, 1.165) is 5.56 Å². The molecule has 3 rings (SSSR count). The number of carbonyl (C=O) groups excluding carboxylic acids is 3. The number of hydrogen-bond donors (Lipinski definition) is 1. The second-order valence-corrected chi connectivity index (χ2v) is 7.22. The van der Waals surface area contributed by atoms with Crippen molar-refractivity contribution in [2.45, 2.75) is 0 Å². The van der Waals surface area contributed by atoms with Crippen LogP contribution >= 0.6 is 34.3 Å². The second kappa shape index (κ2) is 8.22. The van der Waals surface area contributed by atoms with Crippen LogP contribution in [0.2, 0.25) is 5.02 Å². The third-order valence-electron chi connectivity index (χ3n) is 3.12. The standard InChI is InChI=1S/C17H11ClN2O4S2/c18-11-4-1-3-10(7-11)16-19-12(9-26-16)17(23)24-8-14(21)20-15(22)13-5-2-6-25-13/h1-7,9H,8H2,(H,20,21,22). The number of halogens is 1. The van der Waals surface area contributed by atoms with Crippen LogP contribution in [0.25, 0.3) is 10.6 Å². The van der Waals surface area contributed by atoms with Gasteiger partial charge in [-0.15, -0.1) is 22.7 Å². The molecule has 0 aliphatic heterocycles. The van der Waals surface area contributed by atoms with Crippen molar-refractivity contribution in [2.75, 3.05) is 6.61 Å². The van der Waals surface area contributed by atoms with E-state index in [1.165, 1.54) is 28.1 Å². The lowest BCUT2D eigenvalue weighted by atomic mass is 10.2. The number of benzene rings is 1. The summed E-state index contributed by atoms with van der Waals surface area (Å²) >= 11 is 8.41. The maximum absolute atomic E-state index is 12.0. The number of rotatable bonds is 5. The Bertz CT molecular complexity index is 953. The average Bonchev–Trinajstić information content (AvgIpc) is 3.31. The van der Waals surface area contributed by atoms with Crippen LogP contribution in [-0.4, -0.2) is 29.4 Å². The Hall–Kier alpha value is -2.55. The molecule has 0 bridgehead atoms. The number of ether oxygens (including phenoxy) is 1. The molecule has 0 unspecified atom stereocenters. The highest BCUT2D eigenvalue weighted by Gasteiger charge is 2.17.